The van der Waals surface area contributed by atoms with Crippen molar-refractivity contribution in [2.75, 3.05) is 23.3 Å². The number of hydrogen-bond donors (Lipinski definition) is 1. The van der Waals surface area contributed by atoms with Crippen LogP contribution in [0, 0.1) is 0 Å². The maximum Gasteiger partial charge on any atom is 0.389 e. The number of nitrogens with one attached hydrogen (secondary N) is 1. The van der Waals surface area contributed by atoms with Crippen LogP contribution in [0.1, 0.15) is 39.0 Å². The Hall–Kier alpha value is -1.46. The standard InChI is InChI=1S/C15H22F3N3/c1-12(5-4-8-15(16,17)18)20-13-6-7-14(19-11-13)21-9-2-3-10-21/h6-7,11-12,20H,2-5,8-10H2,1H3. The first-order chi connectivity index (χ1) is 9.94. The van der Waals surface area contributed by atoms with Crippen LogP contribution >= 0.6 is 0 Å². The summed E-state index contributed by atoms with van der Waals surface area (Å²) in [5.74, 6) is 0.975. The molecule has 0 spiro atoms. The van der Waals surface area contributed by atoms with E-state index in [-0.39, 0.29) is 12.5 Å². The Morgan fingerprint density at radius 2 is 2.00 bits per heavy atom. The second-order valence-corrected chi connectivity index (χ2v) is 5.65. The first-order valence-electron chi connectivity index (χ1n) is 7.48. The fourth-order valence-electron chi connectivity index (χ4n) is 2.57. The predicted octanol–water partition coefficient (Wildman–Crippen LogP) is 4.21. The lowest BCUT2D eigenvalue weighted by Crippen LogP contribution is -2.19. The summed E-state index contributed by atoms with van der Waals surface area (Å²) in [6.45, 7) is 3.99. The molecule has 1 fully saturated rings. The number of rotatable bonds is 6. The molecule has 0 bridgehead atoms. The molecule has 1 saturated heterocycles. The molecule has 1 aromatic rings. The van der Waals surface area contributed by atoms with Gasteiger partial charge in [-0.25, -0.2) is 4.98 Å². The minimum absolute atomic E-state index is 0.00628. The average molecular weight is 301 g/mol. The van der Waals surface area contributed by atoms with E-state index in [9.17, 15) is 13.2 Å². The van der Waals surface area contributed by atoms with E-state index < -0.39 is 12.6 Å². The monoisotopic (exact) mass is 301 g/mol. The molecule has 0 amide bonds. The molecule has 6 heteroatoms. The van der Waals surface area contributed by atoms with Crippen molar-refractivity contribution < 1.29 is 13.2 Å². The highest BCUT2D eigenvalue weighted by molar-refractivity contribution is 5.49. The van der Waals surface area contributed by atoms with Crippen molar-refractivity contribution in [1.82, 2.24) is 4.98 Å². The normalized spacial score (nSPS) is 17.0. The Morgan fingerprint density at radius 1 is 1.29 bits per heavy atom. The molecule has 3 nitrogen and oxygen atoms in total. The van der Waals surface area contributed by atoms with Crippen molar-refractivity contribution in [1.29, 1.82) is 0 Å². The molecule has 0 radical (unpaired) electrons. The van der Waals surface area contributed by atoms with Crippen molar-refractivity contribution in [3.05, 3.63) is 18.3 Å². The first kappa shape index (κ1) is 15.9. The lowest BCUT2D eigenvalue weighted by atomic mass is 10.1. The van der Waals surface area contributed by atoms with Crippen molar-refractivity contribution in [3.8, 4) is 0 Å². The fraction of sp³-hybridized carbons (Fsp3) is 0.667. The maximum atomic E-state index is 12.1. The zero-order valence-electron chi connectivity index (χ0n) is 12.3. The second kappa shape index (κ2) is 7.00. The van der Waals surface area contributed by atoms with Crippen LogP contribution in [0.25, 0.3) is 0 Å². The van der Waals surface area contributed by atoms with Gasteiger partial charge in [-0.05, 0) is 44.7 Å². The van der Waals surface area contributed by atoms with Crippen molar-refractivity contribution in [2.45, 2.75) is 51.2 Å². The number of aromatic nitrogens is 1. The lowest BCUT2D eigenvalue weighted by Gasteiger charge is -2.18. The van der Waals surface area contributed by atoms with Gasteiger partial charge >= 0.3 is 6.18 Å². The van der Waals surface area contributed by atoms with Gasteiger partial charge in [0.25, 0.3) is 0 Å². The topological polar surface area (TPSA) is 28.2 Å². The highest BCUT2D eigenvalue weighted by atomic mass is 19.4. The van der Waals surface area contributed by atoms with Crippen molar-refractivity contribution >= 4 is 11.5 Å². The van der Waals surface area contributed by atoms with E-state index in [1.165, 1.54) is 12.8 Å². The molecule has 0 saturated carbocycles. The fourth-order valence-corrected chi connectivity index (χ4v) is 2.57. The van der Waals surface area contributed by atoms with Gasteiger partial charge in [0.2, 0.25) is 0 Å². The molecule has 1 aliphatic rings. The third-order valence-corrected chi connectivity index (χ3v) is 3.69. The van der Waals surface area contributed by atoms with Crippen LogP contribution in [0.5, 0.6) is 0 Å². The number of hydrogen-bond acceptors (Lipinski definition) is 3. The maximum absolute atomic E-state index is 12.1. The number of nitrogens with zero attached hydrogens (tertiary/aromatic N) is 2. The molecule has 21 heavy (non-hydrogen) atoms. The van der Waals surface area contributed by atoms with Gasteiger partial charge in [-0.2, -0.15) is 13.2 Å². The van der Waals surface area contributed by atoms with E-state index in [2.05, 4.69) is 15.2 Å². The summed E-state index contributed by atoms with van der Waals surface area (Å²) in [7, 11) is 0. The molecule has 1 N–H and O–H groups in total. The Balaban J connectivity index is 1.77. The predicted molar refractivity (Wildman–Crippen MR) is 78.7 cm³/mol. The van der Waals surface area contributed by atoms with Gasteiger partial charge in [0.1, 0.15) is 5.82 Å². The number of alkyl halides is 3. The number of pyridine rings is 1. The molecular weight excluding hydrogens is 279 g/mol. The first-order valence-corrected chi connectivity index (χ1v) is 7.48. The number of anilines is 2. The zero-order valence-corrected chi connectivity index (χ0v) is 12.3. The summed E-state index contributed by atoms with van der Waals surface area (Å²) in [6, 6.07) is 3.92. The lowest BCUT2D eigenvalue weighted by molar-refractivity contribution is -0.135. The highest BCUT2D eigenvalue weighted by Gasteiger charge is 2.26. The van der Waals surface area contributed by atoms with Gasteiger partial charge in [-0.3, -0.25) is 0 Å². The number of halogens is 3. The third-order valence-electron chi connectivity index (χ3n) is 3.69. The van der Waals surface area contributed by atoms with Gasteiger partial charge in [0.15, 0.2) is 0 Å². The van der Waals surface area contributed by atoms with Crippen LogP contribution < -0.4 is 10.2 Å². The summed E-state index contributed by atoms with van der Waals surface area (Å²) < 4.78 is 36.3. The molecule has 2 rings (SSSR count). The van der Waals surface area contributed by atoms with E-state index >= 15 is 0 Å². The molecule has 1 atom stereocenters. The van der Waals surface area contributed by atoms with Crippen LogP contribution in [0.15, 0.2) is 18.3 Å². The van der Waals surface area contributed by atoms with E-state index in [1.54, 1.807) is 6.20 Å². The van der Waals surface area contributed by atoms with E-state index in [4.69, 9.17) is 0 Å². The largest absolute Gasteiger partial charge is 0.389 e. The molecule has 1 unspecified atom stereocenters. The second-order valence-electron chi connectivity index (χ2n) is 5.65. The Labute approximate surface area is 123 Å². The molecule has 118 valence electrons. The van der Waals surface area contributed by atoms with Crippen LogP contribution in [0.4, 0.5) is 24.7 Å². The zero-order chi connectivity index (χ0) is 15.3. The Bertz CT molecular complexity index is 425. The minimum Gasteiger partial charge on any atom is -0.381 e. The third kappa shape index (κ3) is 5.44. The SMILES string of the molecule is CC(CCCC(F)(F)F)Nc1ccc(N2CCCC2)nc1. The quantitative estimate of drug-likeness (QED) is 0.853. The summed E-state index contributed by atoms with van der Waals surface area (Å²) in [4.78, 5) is 6.66. The summed E-state index contributed by atoms with van der Waals surface area (Å²) >= 11 is 0. The smallest absolute Gasteiger partial charge is 0.381 e. The highest BCUT2D eigenvalue weighted by Crippen LogP contribution is 2.23. The molecule has 0 aliphatic carbocycles. The van der Waals surface area contributed by atoms with Gasteiger partial charge in [-0.15, -0.1) is 0 Å². The van der Waals surface area contributed by atoms with Gasteiger partial charge in [0.05, 0.1) is 11.9 Å². The summed E-state index contributed by atoms with van der Waals surface area (Å²) in [6.07, 6.45) is 0.0396. The minimum atomic E-state index is -4.06. The van der Waals surface area contributed by atoms with Crippen LogP contribution in [-0.2, 0) is 0 Å². The van der Waals surface area contributed by atoms with Crippen LogP contribution in [0.3, 0.4) is 0 Å². The van der Waals surface area contributed by atoms with Crippen molar-refractivity contribution in [2.24, 2.45) is 0 Å². The van der Waals surface area contributed by atoms with Crippen molar-refractivity contribution in [3.63, 3.8) is 0 Å². The molecule has 0 aromatic carbocycles. The van der Waals surface area contributed by atoms with E-state index in [0.717, 1.165) is 24.6 Å². The summed E-state index contributed by atoms with van der Waals surface area (Å²) in [5.41, 5.74) is 0.859. The Morgan fingerprint density at radius 3 is 2.57 bits per heavy atom. The molecule has 1 aliphatic heterocycles. The van der Waals surface area contributed by atoms with Gasteiger partial charge in [0, 0.05) is 25.6 Å². The van der Waals surface area contributed by atoms with Crippen LogP contribution in [-0.4, -0.2) is 30.3 Å². The van der Waals surface area contributed by atoms with Gasteiger partial charge < -0.3 is 10.2 Å². The van der Waals surface area contributed by atoms with Crippen LogP contribution in [0.2, 0.25) is 0 Å². The van der Waals surface area contributed by atoms with E-state index in [1.807, 2.05) is 19.1 Å². The molecular formula is C15H22F3N3. The van der Waals surface area contributed by atoms with E-state index in [0.29, 0.717) is 6.42 Å². The average Bonchev–Trinajstić information content (AvgIpc) is 2.92. The Kier molecular flexibility index (Phi) is 5.31. The summed E-state index contributed by atoms with van der Waals surface area (Å²) in [5, 5.41) is 3.20. The molecule has 1 aromatic heterocycles. The van der Waals surface area contributed by atoms with Gasteiger partial charge in [-0.1, -0.05) is 0 Å². The molecule has 2 heterocycles.